The van der Waals surface area contributed by atoms with E-state index in [4.69, 9.17) is 4.74 Å². The van der Waals surface area contributed by atoms with Gasteiger partial charge in [0.1, 0.15) is 24.3 Å². The second kappa shape index (κ2) is 8.83. The quantitative estimate of drug-likeness (QED) is 0.711. The lowest BCUT2D eigenvalue weighted by molar-refractivity contribution is -0.114. The average molecular weight is 396 g/mol. The summed E-state index contributed by atoms with van der Waals surface area (Å²) in [5.74, 6) is -0.226. The fraction of sp³-hybridized carbons (Fsp3) is 0.278. The molecule has 0 saturated heterocycles. The van der Waals surface area contributed by atoms with Crippen LogP contribution in [0, 0.1) is 5.82 Å². The molecule has 0 fully saturated rings. The predicted molar refractivity (Wildman–Crippen MR) is 101 cm³/mol. The van der Waals surface area contributed by atoms with E-state index in [0.717, 1.165) is 22.7 Å². The minimum absolute atomic E-state index is 0.146. The van der Waals surface area contributed by atoms with E-state index in [1.54, 1.807) is 24.3 Å². The third-order valence-corrected chi connectivity index (χ3v) is 4.67. The summed E-state index contributed by atoms with van der Waals surface area (Å²) < 4.78 is 43.5. The van der Waals surface area contributed by atoms with Crippen molar-refractivity contribution in [1.82, 2.24) is 0 Å². The third kappa shape index (κ3) is 6.54. The van der Waals surface area contributed by atoms with Crippen LogP contribution in [0.15, 0.2) is 48.5 Å². The maximum Gasteiger partial charge on any atom is 0.232 e. The van der Waals surface area contributed by atoms with E-state index in [-0.39, 0.29) is 24.7 Å². The summed E-state index contributed by atoms with van der Waals surface area (Å²) >= 11 is 0. The Kier molecular flexibility index (Phi) is 6.75. The molecule has 27 heavy (non-hydrogen) atoms. The molecule has 0 saturated carbocycles. The number of rotatable bonds is 8. The van der Waals surface area contributed by atoms with Crippen LogP contribution in [0.1, 0.15) is 6.92 Å². The summed E-state index contributed by atoms with van der Waals surface area (Å²) in [6.07, 6.45) is -0.107. The van der Waals surface area contributed by atoms with Gasteiger partial charge in [-0.15, -0.1) is 0 Å². The smallest absolute Gasteiger partial charge is 0.232 e. The molecule has 0 spiro atoms. The zero-order valence-electron chi connectivity index (χ0n) is 14.9. The maximum absolute atomic E-state index is 13.1. The zero-order chi connectivity index (χ0) is 20.0. The first-order valence-electron chi connectivity index (χ1n) is 8.07. The van der Waals surface area contributed by atoms with Crippen molar-refractivity contribution >= 4 is 27.3 Å². The Labute approximate surface area is 157 Å². The van der Waals surface area contributed by atoms with Gasteiger partial charge in [0.05, 0.1) is 18.5 Å². The van der Waals surface area contributed by atoms with Crippen molar-refractivity contribution in [1.29, 1.82) is 0 Å². The van der Waals surface area contributed by atoms with Gasteiger partial charge in [0.2, 0.25) is 15.9 Å². The molecule has 7 nitrogen and oxygen atoms in total. The number of anilines is 2. The predicted octanol–water partition coefficient (Wildman–Crippen LogP) is 1.99. The molecule has 1 amide bonds. The normalized spacial score (nSPS) is 12.3. The summed E-state index contributed by atoms with van der Waals surface area (Å²) in [5.41, 5.74) is 0.854. The monoisotopic (exact) mass is 396 g/mol. The standard InChI is InChI=1S/C18H21FN2O5S/c1-13(22)20-15-5-9-18(10-6-15)26-12-17(23)11-21(27(2,24)25)16-7-3-14(19)4-8-16/h3-10,17,23H,11-12H2,1-2H3,(H,20,22)/t17-/m1/s1. The molecule has 146 valence electrons. The van der Waals surface area contributed by atoms with Crippen molar-refractivity contribution in [3.8, 4) is 5.75 Å². The maximum atomic E-state index is 13.1. The number of aliphatic hydroxyl groups excluding tert-OH is 1. The highest BCUT2D eigenvalue weighted by Crippen LogP contribution is 2.19. The molecule has 0 radical (unpaired) electrons. The Balaban J connectivity index is 1.98. The van der Waals surface area contributed by atoms with Crippen LogP contribution in [0.2, 0.25) is 0 Å². The number of nitrogens with zero attached hydrogens (tertiary/aromatic N) is 1. The van der Waals surface area contributed by atoms with Crippen LogP contribution in [0.3, 0.4) is 0 Å². The molecule has 0 aromatic heterocycles. The van der Waals surface area contributed by atoms with Crippen LogP contribution in [-0.4, -0.2) is 44.9 Å². The molecule has 2 rings (SSSR count). The lowest BCUT2D eigenvalue weighted by atomic mass is 10.3. The van der Waals surface area contributed by atoms with Gasteiger partial charge in [-0.25, -0.2) is 12.8 Å². The summed E-state index contributed by atoms with van der Waals surface area (Å²) in [4.78, 5) is 11.0. The topological polar surface area (TPSA) is 95.9 Å². The first-order valence-corrected chi connectivity index (χ1v) is 9.92. The second-order valence-electron chi connectivity index (χ2n) is 5.94. The molecule has 0 aliphatic carbocycles. The first kappa shape index (κ1) is 20.7. The molecule has 0 heterocycles. The van der Waals surface area contributed by atoms with E-state index in [2.05, 4.69) is 5.32 Å². The van der Waals surface area contributed by atoms with Crippen molar-refractivity contribution in [2.45, 2.75) is 13.0 Å². The van der Waals surface area contributed by atoms with Crippen LogP contribution < -0.4 is 14.4 Å². The molecule has 2 aromatic rings. The van der Waals surface area contributed by atoms with Crippen LogP contribution >= 0.6 is 0 Å². The molecule has 9 heteroatoms. The fourth-order valence-electron chi connectivity index (χ4n) is 2.31. The number of hydrogen-bond donors (Lipinski definition) is 2. The Bertz CT molecular complexity index is 870. The largest absolute Gasteiger partial charge is 0.491 e. The van der Waals surface area contributed by atoms with Gasteiger partial charge >= 0.3 is 0 Å². The molecular weight excluding hydrogens is 375 g/mol. The van der Waals surface area contributed by atoms with Crippen LogP contribution in [0.4, 0.5) is 15.8 Å². The minimum atomic E-state index is -3.67. The molecule has 0 unspecified atom stereocenters. The number of ether oxygens (including phenoxy) is 1. The van der Waals surface area contributed by atoms with Gasteiger partial charge in [-0.05, 0) is 48.5 Å². The third-order valence-electron chi connectivity index (χ3n) is 3.51. The van der Waals surface area contributed by atoms with E-state index in [0.29, 0.717) is 11.4 Å². The molecule has 1 atom stereocenters. The van der Waals surface area contributed by atoms with Gasteiger partial charge in [0, 0.05) is 12.6 Å². The fourth-order valence-corrected chi connectivity index (χ4v) is 3.26. The number of hydrogen-bond acceptors (Lipinski definition) is 5. The number of halogens is 1. The lowest BCUT2D eigenvalue weighted by Crippen LogP contribution is -2.39. The van der Waals surface area contributed by atoms with Crippen molar-refractivity contribution in [3.63, 3.8) is 0 Å². The molecular formula is C18H21FN2O5S. The minimum Gasteiger partial charge on any atom is -0.491 e. The molecule has 0 aliphatic heterocycles. The zero-order valence-corrected chi connectivity index (χ0v) is 15.7. The summed E-state index contributed by atoms with van der Waals surface area (Å²) in [5, 5.41) is 12.8. The first-order chi connectivity index (χ1) is 12.6. The van der Waals surface area contributed by atoms with Crippen molar-refractivity contribution in [2.24, 2.45) is 0 Å². The molecule has 2 aromatic carbocycles. The van der Waals surface area contributed by atoms with Gasteiger partial charge in [-0.1, -0.05) is 0 Å². The lowest BCUT2D eigenvalue weighted by Gasteiger charge is -2.25. The Morgan fingerprint density at radius 2 is 1.78 bits per heavy atom. The Morgan fingerprint density at radius 1 is 1.19 bits per heavy atom. The summed E-state index contributed by atoms with van der Waals surface area (Å²) in [6.45, 7) is 1.01. The van der Waals surface area contributed by atoms with Gasteiger partial charge in [-0.2, -0.15) is 0 Å². The number of amides is 1. The van der Waals surface area contributed by atoms with Gasteiger partial charge < -0.3 is 15.2 Å². The van der Waals surface area contributed by atoms with E-state index >= 15 is 0 Å². The van der Waals surface area contributed by atoms with Gasteiger partial charge in [0.15, 0.2) is 0 Å². The van der Waals surface area contributed by atoms with E-state index in [1.165, 1.54) is 19.1 Å². The van der Waals surface area contributed by atoms with Gasteiger partial charge in [-0.3, -0.25) is 9.10 Å². The van der Waals surface area contributed by atoms with E-state index < -0.39 is 21.9 Å². The average Bonchev–Trinajstić information content (AvgIpc) is 2.58. The van der Waals surface area contributed by atoms with Crippen molar-refractivity contribution in [3.05, 3.63) is 54.3 Å². The number of benzene rings is 2. The Morgan fingerprint density at radius 3 is 2.30 bits per heavy atom. The summed E-state index contributed by atoms with van der Waals surface area (Å²) in [7, 11) is -3.67. The summed E-state index contributed by atoms with van der Waals surface area (Å²) in [6, 6.07) is 11.5. The van der Waals surface area contributed by atoms with Crippen LogP contribution in [0.25, 0.3) is 0 Å². The highest BCUT2D eigenvalue weighted by molar-refractivity contribution is 7.92. The highest BCUT2D eigenvalue weighted by Gasteiger charge is 2.21. The number of carbonyl (C=O) groups excluding carboxylic acids is 1. The van der Waals surface area contributed by atoms with Crippen LogP contribution in [0.5, 0.6) is 5.75 Å². The number of aliphatic hydroxyl groups is 1. The Hall–Kier alpha value is -2.65. The van der Waals surface area contributed by atoms with Gasteiger partial charge in [0.25, 0.3) is 0 Å². The SMILES string of the molecule is CC(=O)Nc1ccc(OC[C@H](O)CN(c2ccc(F)cc2)S(C)(=O)=O)cc1. The molecule has 2 N–H and O–H groups in total. The highest BCUT2D eigenvalue weighted by atomic mass is 32.2. The number of nitrogens with one attached hydrogen (secondary N) is 1. The molecule has 0 aliphatic rings. The van der Waals surface area contributed by atoms with E-state index in [9.17, 15) is 22.7 Å². The van der Waals surface area contributed by atoms with Crippen molar-refractivity contribution in [2.75, 3.05) is 29.0 Å². The van der Waals surface area contributed by atoms with E-state index in [1.807, 2.05) is 0 Å². The molecule has 0 bridgehead atoms. The van der Waals surface area contributed by atoms with Crippen LogP contribution in [-0.2, 0) is 14.8 Å². The number of sulfonamides is 1. The van der Waals surface area contributed by atoms with Crippen molar-refractivity contribution < 1.29 is 27.4 Å². The number of carbonyl (C=O) groups is 1. The second-order valence-corrected chi connectivity index (χ2v) is 7.85.